The standard InChI is InChI=1S/C13H12ClNO2/c1-9(2)17-13(16)7-10(8-15)11-5-3-4-6-12(11)14/h3-7,9H,1-2H3. The highest BCUT2D eigenvalue weighted by Crippen LogP contribution is 2.23. The number of carbonyl (C=O) groups is 1. The first-order chi connectivity index (χ1) is 8.04. The molecule has 88 valence electrons. The molecule has 0 atom stereocenters. The van der Waals surface area contributed by atoms with Crippen LogP contribution in [0, 0.1) is 11.3 Å². The molecule has 0 saturated heterocycles. The van der Waals surface area contributed by atoms with Crippen molar-refractivity contribution in [1.29, 1.82) is 5.26 Å². The predicted octanol–water partition coefficient (Wildman–Crippen LogP) is 3.20. The minimum atomic E-state index is -0.545. The van der Waals surface area contributed by atoms with Gasteiger partial charge in [-0.1, -0.05) is 29.8 Å². The summed E-state index contributed by atoms with van der Waals surface area (Å²) in [6.45, 7) is 3.49. The fourth-order valence-corrected chi connectivity index (χ4v) is 1.47. The van der Waals surface area contributed by atoms with Crippen LogP contribution in [0.25, 0.3) is 5.57 Å². The van der Waals surface area contributed by atoms with Crippen LogP contribution >= 0.6 is 11.6 Å². The number of esters is 1. The van der Waals surface area contributed by atoms with E-state index < -0.39 is 5.97 Å². The zero-order valence-electron chi connectivity index (χ0n) is 9.61. The molecule has 0 amide bonds. The van der Waals surface area contributed by atoms with Crippen molar-refractivity contribution < 1.29 is 9.53 Å². The Morgan fingerprint density at radius 1 is 1.47 bits per heavy atom. The zero-order valence-corrected chi connectivity index (χ0v) is 10.4. The van der Waals surface area contributed by atoms with E-state index in [1.54, 1.807) is 38.1 Å². The van der Waals surface area contributed by atoms with Gasteiger partial charge in [0, 0.05) is 16.7 Å². The zero-order chi connectivity index (χ0) is 12.8. The summed E-state index contributed by atoms with van der Waals surface area (Å²) in [6.07, 6.45) is 0.936. The van der Waals surface area contributed by atoms with Crippen LogP contribution in [-0.4, -0.2) is 12.1 Å². The molecule has 0 aliphatic heterocycles. The number of allylic oxidation sites excluding steroid dienone is 1. The number of ether oxygens (including phenoxy) is 1. The maximum atomic E-state index is 11.4. The third-order valence-electron chi connectivity index (χ3n) is 1.90. The number of hydrogen-bond acceptors (Lipinski definition) is 3. The highest BCUT2D eigenvalue weighted by atomic mass is 35.5. The Balaban J connectivity index is 3.01. The average molecular weight is 250 g/mol. The SMILES string of the molecule is CC(C)OC(=O)C=C(C#N)c1ccccc1Cl. The van der Waals surface area contributed by atoms with Crippen molar-refractivity contribution in [3.05, 3.63) is 40.9 Å². The normalized spacial score (nSPS) is 11.1. The first-order valence-electron chi connectivity index (χ1n) is 5.12. The lowest BCUT2D eigenvalue weighted by atomic mass is 10.1. The van der Waals surface area contributed by atoms with Crippen LogP contribution in [0.3, 0.4) is 0 Å². The molecule has 0 aliphatic rings. The number of carbonyl (C=O) groups excluding carboxylic acids is 1. The summed E-state index contributed by atoms with van der Waals surface area (Å²) < 4.78 is 4.93. The van der Waals surface area contributed by atoms with Crippen LogP contribution in [0.2, 0.25) is 5.02 Å². The van der Waals surface area contributed by atoms with Gasteiger partial charge in [0.25, 0.3) is 0 Å². The highest BCUT2D eigenvalue weighted by molar-refractivity contribution is 6.32. The average Bonchev–Trinajstić information content (AvgIpc) is 2.26. The molecule has 0 bridgehead atoms. The molecule has 1 rings (SSSR count). The molecule has 0 radical (unpaired) electrons. The van der Waals surface area contributed by atoms with Gasteiger partial charge >= 0.3 is 5.97 Å². The molecular formula is C13H12ClNO2. The summed E-state index contributed by atoms with van der Waals surface area (Å²) in [6, 6.07) is 8.79. The first kappa shape index (κ1) is 13.3. The Labute approximate surface area is 105 Å². The maximum Gasteiger partial charge on any atom is 0.332 e. The molecule has 0 spiro atoms. The monoisotopic (exact) mass is 249 g/mol. The Morgan fingerprint density at radius 2 is 2.12 bits per heavy atom. The Bertz CT molecular complexity index is 486. The van der Waals surface area contributed by atoms with Crippen LogP contribution in [0.4, 0.5) is 0 Å². The molecule has 0 unspecified atom stereocenters. The van der Waals surface area contributed by atoms with Gasteiger partial charge in [-0.05, 0) is 19.9 Å². The first-order valence-corrected chi connectivity index (χ1v) is 5.49. The fraction of sp³-hybridized carbons (Fsp3) is 0.231. The topological polar surface area (TPSA) is 50.1 Å². The molecule has 0 fully saturated rings. The summed E-state index contributed by atoms with van der Waals surface area (Å²) in [7, 11) is 0. The van der Waals surface area contributed by atoms with Gasteiger partial charge in [0.1, 0.15) is 6.07 Å². The van der Waals surface area contributed by atoms with Crippen LogP contribution in [-0.2, 0) is 9.53 Å². The van der Waals surface area contributed by atoms with E-state index in [0.29, 0.717) is 10.6 Å². The van der Waals surface area contributed by atoms with Gasteiger partial charge in [0.05, 0.1) is 11.7 Å². The molecule has 0 heterocycles. The number of nitriles is 1. The summed E-state index contributed by atoms with van der Waals surface area (Å²) in [4.78, 5) is 11.4. The van der Waals surface area contributed by atoms with Gasteiger partial charge in [-0.2, -0.15) is 5.26 Å². The van der Waals surface area contributed by atoms with E-state index in [9.17, 15) is 4.79 Å². The van der Waals surface area contributed by atoms with Gasteiger partial charge in [0.2, 0.25) is 0 Å². The van der Waals surface area contributed by atoms with Crippen molar-refractivity contribution in [3.8, 4) is 6.07 Å². The molecule has 1 aromatic carbocycles. The lowest BCUT2D eigenvalue weighted by Crippen LogP contribution is -2.09. The van der Waals surface area contributed by atoms with Crippen molar-refractivity contribution in [2.24, 2.45) is 0 Å². The number of halogens is 1. The fourth-order valence-electron chi connectivity index (χ4n) is 1.23. The third kappa shape index (κ3) is 3.93. The van der Waals surface area contributed by atoms with E-state index in [0.717, 1.165) is 6.08 Å². The smallest absolute Gasteiger partial charge is 0.332 e. The number of benzene rings is 1. The van der Waals surface area contributed by atoms with E-state index in [4.69, 9.17) is 21.6 Å². The summed E-state index contributed by atoms with van der Waals surface area (Å²) in [5, 5.41) is 9.43. The highest BCUT2D eigenvalue weighted by Gasteiger charge is 2.09. The molecular weight excluding hydrogens is 238 g/mol. The largest absolute Gasteiger partial charge is 0.460 e. The third-order valence-corrected chi connectivity index (χ3v) is 2.23. The van der Waals surface area contributed by atoms with E-state index in [1.165, 1.54) is 0 Å². The second-order valence-corrected chi connectivity index (χ2v) is 4.04. The van der Waals surface area contributed by atoms with E-state index in [2.05, 4.69) is 0 Å². The molecule has 4 heteroatoms. The van der Waals surface area contributed by atoms with Crippen LogP contribution < -0.4 is 0 Å². The maximum absolute atomic E-state index is 11.4. The van der Waals surface area contributed by atoms with E-state index >= 15 is 0 Å². The van der Waals surface area contributed by atoms with Gasteiger partial charge in [-0.15, -0.1) is 0 Å². The lowest BCUT2D eigenvalue weighted by Gasteiger charge is -2.05. The van der Waals surface area contributed by atoms with Crippen molar-refractivity contribution in [2.75, 3.05) is 0 Å². The van der Waals surface area contributed by atoms with Crippen molar-refractivity contribution in [3.63, 3.8) is 0 Å². The predicted molar refractivity (Wildman–Crippen MR) is 66.3 cm³/mol. The van der Waals surface area contributed by atoms with Crippen LogP contribution in [0.1, 0.15) is 19.4 Å². The lowest BCUT2D eigenvalue weighted by molar-refractivity contribution is -0.141. The molecule has 0 aliphatic carbocycles. The molecule has 3 nitrogen and oxygen atoms in total. The molecule has 0 aromatic heterocycles. The van der Waals surface area contributed by atoms with Crippen molar-refractivity contribution in [1.82, 2.24) is 0 Å². The minimum Gasteiger partial charge on any atom is -0.460 e. The van der Waals surface area contributed by atoms with E-state index in [1.807, 2.05) is 6.07 Å². The number of rotatable bonds is 3. The van der Waals surface area contributed by atoms with Crippen LogP contribution in [0.15, 0.2) is 30.3 Å². The van der Waals surface area contributed by atoms with Crippen molar-refractivity contribution >= 4 is 23.1 Å². The molecule has 0 saturated carbocycles. The van der Waals surface area contributed by atoms with Crippen molar-refractivity contribution in [2.45, 2.75) is 20.0 Å². The van der Waals surface area contributed by atoms with Gasteiger partial charge in [-0.25, -0.2) is 4.79 Å². The summed E-state index contributed by atoms with van der Waals surface area (Å²) in [5.41, 5.74) is 0.721. The summed E-state index contributed by atoms with van der Waals surface area (Å²) in [5.74, 6) is -0.545. The summed E-state index contributed by atoms with van der Waals surface area (Å²) >= 11 is 5.94. The Morgan fingerprint density at radius 3 is 2.65 bits per heavy atom. The van der Waals surface area contributed by atoms with Gasteiger partial charge in [-0.3, -0.25) is 0 Å². The Hall–Kier alpha value is -1.79. The Kier molecular flexibility index (Phi) is 4.74. The van der Waals surface area contributed by atoms with Crippen LogP contribution in [0.5, 0.6) is 0 Å². The quantitative estimate of drug-likeness (QED) is 0.470. The molecule has 17 heavy (non-hydrogen) atoms. The number of hydrogen-bond donors (Lipinski definition) is 0. The van der Waals surface area contributed by atoms with Gasteiger partial charge < -0.3 is 4.74 Å². The van der Waals surface area contributed by atoms with Gasteiger partial charge in [0.15, 0.2) is 0 Å². The second-order valence-electron chi connectivity index (χ2n) is 3.64. The second kappa shape index (κ2) is 6.07. The van der Waals surface area contributed by atoms with E-state index in [-0.39, 0.29) is 11.7 Å². The number of nitrogens with zero attached hydrogens (tertiary/aromatic N) is 1. The molecule has 1 aromatic rings. The minimum absolute atomic E-state index is 0.196. The molecule has 0 N–H and O–H groups in total.